The Hall–Kier alpha value is -3.60. The maximum Gasteiger partial charge on any atom is 0.162 e. The van der Waals surface area contributed by atoms with E-state index in [9.17, 15) is 5.11 Å². The van der Waals surface area contributed by atoms with Crippen molar-refractivity contribution in [2.75, 3.05) is 0 Å². The molecule has 0 saturated heterocycles. The Morgan fingerprint density at radius 3 is 1.45 bits per heavy atom. The topological polar surface area (TPSA) is 20.2 Å². The van der Waals surface area contributed by atoms with E-state index in [-0.39, 0.29) is 5.92 Å². The van der Waals surface area contributed by atoms with Crippen molar-refractivity contribution in [3.63, 3.8) is 0 Å². The minimum absolute atomic E-state index is 0.330. The average molecular weight is 374 g/mol. The molecular weight excluding hydrogens is 352 g/mol. The standard InChI is InChI=1S/C28H22O/c29-28(26-19-11-4-12-20-26,22-21-23-13-5-1-6-14-23)27(24-15-7-2-8-16-24)25-17-9-3-10-18-25/h1-20,27,29H. The first-order valence-corrected chi connectivity index (χ1v) is 9.73. The lowest BCUT2D eigenvalue weighted by atomic mass is 9.74. The van der Waals surface area contributed by atoms with Crippen LogP contribution in [0.4, 0.5) is 0 Å². The van der Waals surface area contributed by atoms with Crippen molar-refractivity contribution >= 4 is 0 Å². The van der Waals surface area contributed by atoms with Crippen molar-refractivity contribution in [3.05, 3.63) is 144 Å². The molecule has 4 rings (SSSR count). The second-order valence-electron chi connectivity index (χ2n) is 7.00. The Balaban J connectivity index is 1.94. The first-order valence-electron chi connectivity index (χ1n) is 9.73. The fraction of sp³-hybridized carbons (Fsp3) is 0.0714. The highest BCUT2D eigenvalue weighted by molar-refractivity contribution is 5.48. The highest BCUT2D eigenvalue weighted by Crippen LogP contribution is 2.41. The highest BCUT2D eigenvalue weighted by Gasteiger charge is 2.39. The summed E-state index contributed by atoms with van der Waals surface area (Å²) in [4.78, 5) is 0. The van der Waals surface area contributed by atoms with E-state index in [4.69, 9.17) is 0 Å². The molecule has 1 atom stereocenters. The summed E-state index contributed by atoms with van der Waals surface area (Å²) >= 11 is 0. The molecule has 0 aliphatic carbocycles. The third kappa shape index (κ3) is 4.14. The van der Waals surface area contributed by atoms with Crippen molar-refractivity contribution < 1.29 is 5.11 Å². The largest absolute Gasteiger partial charge is 0.372 e. The molecule has 29 heavy (non-hydrogen) atoms. The normalized spacial score (nSPS) is 12.6. The molecule has 4 aromatic carbocycles. The van der Waals surface area contributed by atoms with Crippen LogP contribution in [-0.2, 0) is 5.60 Å². The molecule has 140 valence electrons. The van der Waals surface area contributed by atoms with Gasteiger partial charge in [0.15, 0.2) is 5.60 Å². The van der Waals surface area contributed by atoms with Crippen LogP contribution in [0.15, 0.2) is 121 Å². The summed E-state index contributed by atoms with van der Waals surface area (Å²) in [5.74, 6) is 6.10. The molecule has 4 aromatic rings. The molecule has 1 N–H and O–H groups in total. The summed E-state index contributed by atoms with van der Waals surface area (Å²) in [5.41, 5.74) is 2.31. The SMILES string of the molecule is OC(C#Cc1ccccc1)(c1ccccc1)C(c1ccccc1)c1ccccc1. The van der Waals surface area contributed by atoms with Gasteiger partial charge in [0, 0.05) is 5.56 Å². The quantitative estimate of drug-likeness (QED) is 0.450. The highest BCUT2D eigenvalue weighted by atomic mass is 16.3. The number of aliphatic hydroxyl groups is 1. The van der Waals surface area contributed by atoms with Gasteiger partial charge in [0.1, 0.15) is 0 Å². The number of hydrogen-bond acceptors (Lipinski definition) is 1. The van der Waals surface area contributed by atoms with Gasteiger partial charge in [0.25, 0.3) is 0 Å². The van der Waals surface area contributed by atoms with E-state index >= 15 is 0 Å². The smallest absolute Gasteiger partial charge is 0.162 e. The molecule has 0 fully saturated rings. The Morgan fingerprint density at radius 2 is 0.966 bits per heavy atom. The second kappa shape index (κ2) is 8.61. The second-order valence-corrected chi connectivity index (χ2v) is 7.00. The Morgan fingerprint density at radius 1 is 0.552 bits per heavy atom. The molecule has 0 aromatic heterocycles. The van der Waals surface area contributed by atoms with Gasteiger partial charge < -0.3 is 5.11 Å². The molecule has 0 spiro atoms. The predicted molar refractivity (Wildman–Crippen MR) is 118 cm³/mol. The molecule has 0 aliphatic heterocycles. The van der Waals surface area contributed by atoms with E-state index in [1.54, 1.807) is 0 Å². The lowest BCUT2D eigenvalue weighted by Crippen LogP contribution is -2.33. The van der Waals surface area contributed by atoms with Crippen molar-refractivity contribution in [3.8, 4) is 11.8 Å². The summed E-state index contributed by atoms with van der Waals surface area (Å²) in [7, 11) is 0. The van der Waals surface area contributed by atoms with Gasteiger partial charge in [-0.1, -0.05) is 121 Å². The maximum atomic E-state index is 12.1. The Bertz CT molecular complexity index is 1050. The predicted octanol–water partition coefficient (Wildman–Crippen LogP) is 5.76. The molecule has 0 radical (unpaired) electrons. The zero-order valence-electron chi connectivity index (χ0n) is 16.1. The van der Waals surface area contributed by atoms with Crippen LogP contribution in [0, 0.1) is 11.8 Å². The third-order valence-corrected chi connectivity index (χ3v) is 5.07. The zero-order valence-corrected chi connectivity index (χ0v) is 16.1. The zero-order chi connectivity index (χ0) is 19.9. The minimum atomic E-state index is -1.39. The molecule has 0 aliphatic rings. The van der Waals surface area contributed by atoms with E-state index in [0.717, 1.165) is 22.3 Å². The van der Waals surface area contributed by atoms with Crippen molar-refractivity contribution in [1.82, 2.24) is 0 Å². The van der Waals surface area contributed by atoms with Gasteiger partial charge in [0.2, 0.25) is 0 Å². The van der Waals surface area contributed by atoms with Gasteiger partial charge in [0.05, 0.1) is 5.92 Å². The average Bonchev–Trinajstić information content (AvgIpc) is 2.81. The van der Waals surface area contributed by atoms with Crippen LogP contribution in [-0.4, -0.2) is 5.11 Å². The summed E-state index contributed by atoms with van der Waals surface area (Å²) in [6.07, 6.45) is 0. The number of rotatable bonds is 4. The van der Waals surface area contributed by atoms with Crippen molar-refractivity contribution in [1.29, 1.82) is 0 Å². The van der Waals surface area contributed by atoms with Crippen LogP contribution >= 0.6 is 0 Å². The van der Waals surface area contributed by atoms with Gasteiger partial charge in [-0.25, -0.2) is 0 Å². The van der Waals surface area contributed by atoms with Crippen LogP contribution < -0.4 is 0 Å². The summed E-state index contributed by atoms with van der Waals surface area (Å²) in [5, 5.41) is 12.1. The fourth-order valence-electron chi connectivity index (χ4n) is 3.66. The molecule has 1 heteroatoms. The first-order chi connectivity index (χ1) is 14.3. The third-order valence-electron chi connectivity index (χ3n) is 5.07. The number of hydrogen-bond donors (Lipinski definition) is 1. The first kappa shape index (κ1) is 18.7. The summed E-state index contributed by atoms with van der Waals surface area (Å²) in [6.45, 7) is 0. The molecule has 1 nitrogen and oxygen atoms in total. The van der Waals surface area contributed by atoms with E-state index in [1.165, 1.54) is 0 Å². The monoisotopic (exact) mass is 374 g/mol. The van der Waals surface area contributed by atoms with Crippen LogP contribution in [0.3, 0.4) is 0 Å². The lowest BCUT2D eigenvalue weighted by Gasteiger charge is -2.33. The van der Waals surface area contributed by atoms with Gasteiger partial charge in [-0.05, 0) is 28.8 Å². The fourth-order valence-corrected chi connectivity index (χ4v) is 3.66. The molecular formula is C28H22O. The summed E-state index contributed by atoms with van der Waals surface area (Å²) < 4.78 is 0. The van der Waals surface area contributed by atoms with Crippen LogP contribution in [0.2, 0.25) is 0 Å². The molecule has 1 unspecified atom stereocenters. The van der Waals surface area contributed by atoms with Gasteiger partial charge in [-0.2, -0.15) is 0 Å². The van der Waals surface area contributed by atoms with Crippen molar-refractivity contribution in [2.45, 2.75) is 11.5 Å². The van der Waals surface area contributed by atoms with E-state index in [0.29, 0.717) is 0 Å². The van der Waals surface area contributed by atoms with Crippen LogP contribution in [0.25, 0.3) is 0 Å². The maximum absolute atomic E-state index is 12.1. The summed E-state index contributed by atoms with van der Waals surface area (Å²) in [6, 6.07) is 39.7. The Kier molecular flexibility index (Phi) is 5.56. The van der Waals surface area contributed by atoms with Gasteiger partial charge >= 0.3 is 0 Å². The minimum Gasteiger partial charge on any atom is -0.372 e. The van der Waals surface area contributed by atoms with E-state index in [2.05, 4.69) is 36.1 Å². The van der Waals surface area contributed by atoms with Crippen LogP contribution in [0.1, 0.15) is 28.2 Å². The number of benzene rings is 4. The lowest BCUT2D eigenvalue weighted by molar-refractivity contribution is 0.0817. The molecule has 0 amide bonds. The molecule has 0 saturated carbocycles. The van der Waals surface area contributed by atoms with Gasteiger partial charge in [-0.3, -0.25) is 0 Å². The van der Waals surface area contributed by atoms with Crippen molar-refractivity contribution in [2.24, 2.45) is 0 Å². The molecule has 0 bridgehead atoms. The van der Waals surface area contributed by atoms with Crippen LogP contribution in [0.5, 0.6) is 0 Å². The molecule has 0 heterocycles. The van der Waals surface area contributed by atoms with Gasteiger partial charge in [-0.15, -0.1) is 0 Å². The van der Waals surface area contributed by atoms with E-state index < -0.39 is 5.60 Å². The van der Waals surface area contributed by atoms with E-state index in [1.807, 2.05) is 97.1 Å². The Labute approximate surface area is 172 Å².